The van der Waals surface area contributed by atoms with Crippen molar-refractivity contribution >= 4 is 27.5 Å². The van der Waals surface area contributed by atoms with Gasteiger partial charge < -0.3 is 4.90 Å². The Bertz CT molecular complexity index is 1120. The Labute approximate surface area is 174 Å². The summed E-state index contributed by atoms with van der Waals surface area (Å²) < 4.78 is 1.84. The van der Waals surface area contributed by atoms with Gasteiger partial charge in [0.2, 0.25) is 5.95 Å². The van der Waals surface area contributed by atoms with E-state index in [2.05, 4.69) is 23.3 Å². The molecule has 6 heteroatoms. The highest BCUT2D eigenvalue weighted by atomic mass is 32.1. The predicted octanol–water partition coefficient (Wildman–Crippen LogP) is 3.63. The van der Waals surface area contributed by atoms with E-state index >= 15 is 0 Å². The molecule has 0 N–H and O–H groups in total. The maximum Gasteiger partial charge on any atom is 0.268 e. The van der Waals surface area contributed by atoms with Crippen molar-refractivity contribution in [3.05, 3.63) is 63.3 Å². The summed E-state index contributed by atoms with van der Waals surface area (Å²) in [5, 5.41) is 0.844. The monoisotopic (exact) mass is 406 g/mol. The molecule has 0 saturated carbocycles. The van der Waals surface area contributed by atoms with Crippen LogP contribution in [0.5, 0.6) is 0 Å². The lowest BCUT2D eigenvalue weighted by Crippen LogP contribution is -2.48. The highest BCUT2D eigenvalue weighted by Gasteiger charge is 2.27. The van der Waals surface area contributed by atoms with Gasteiger partial charge in [-0.15, -0.1) is 11.3 Å². The molecule has 0 amide bonds. The standard InChI is InChI=1S/C23H26N4OS/c1-16(2)15-25-11-13-26(14-12-25)23-24-21-20(18-9-6-10-19(18)29-21)22(28)27(23)17-7-4-3-5-8-17/h3-5,7-8H,1,6,9-15H2,2H3. The summed E-state index contributed by atoms with van der Waals surface area (Å²) >= 11 is 1.72. The molecule has 29 heavy (non-hydrogen) atoms. The Morgan fingerprint density at radius 3 is 2.62 bits per heavy atom. The molecule has 1 aliphatic heterocycles. The normalized spacial score (nSPS) is 17.1. The smallest absolute Gasteiger partial charge is 0.268 e. The zero-order chi connectivity index (χ0) is 20.0. The number of aryl methyl sites for hydroxylation is 2. The van der Waals surface area contributed by atoms with E-state index in [-0.39, 0.29) is 5.56 Å². The van der Waals surface area contributed by atoms with Gasteiger partial charge in [0, 0.05) is 37.6 Å². The molecule has 3 heterocycles. The van der Waals surface area contributed by atoms with Crippen LogP contribution in [0.15, 0.2) is 47.3 Å². The van der Waals surface area contributed by atoms with Crippen LogP contribution in [-0.2, 0) is 12.8 Å². The zero-order valence-corrected chi connectivity index (χ0v) is 17.7. The van der Waals surface area contributed by atoms with E-state index in [9.17, 15) is 4.79 Å². The number of para-hydroxylation sites is 1. The average molecular weight is 407 g/mol. The van der Waals surface area contributed by atoms with Crippen LogP contribution in [0, 0.1) is 0 Å². The molecule has 5 nitrogen and oxygen atoms in total. The molecule has 0 bridgehead atoms. The number of rotatable bonds is 4. The van der Waals surface area contributed by atoms with Crippen LogP contribution in [0.2, 0.25) is 0 Å². The van der Waals surface area contributed by atoms with Crippen LogP contribution < -0.4 is 10.5 Å². The average Bonchev–Trinajstić information content (AvgIpc) is 3.29. The third-order valence-corrected chi connectivity index (χ3v) is 7.07. The number of piperazine rings is 1. The molecule has 0 atom stereocenters. The predicted molar refractivity (Wildman–Crippen MR) is 121 cm³/mol. The van der Waals surface area contributed by atoms with Gasteiger partial charge >= 0.3 is 0 Å². The minimum Gasteiger partial charge on any atom is -0.339 e. The van der Waals surface area contributed by atoms with E-state index in [0.29, 0.717) is 0 Å². The van der Waals surface area contributed by atoms with Crippen molar-refractivity contribution in [2.45, 2.75) is 26.2 Å². The summed E-state index contributed by atoms with van der Waals surface area (Å²) in [7, 11) is 0. The first-order valence-electron chi connectivity index (χ1n) is 10.4. The lowest BCUT2D eigenvalue weighted by Gasteiger charge is -2.36. The number of hydrogen-bond donors (Lipinski definition) is 0. The van der Waals surface area contributed by atoms with Gasteiger partial charge in [-0.2, -0.15) is 0 Å². The summed E-state index contributed by atoms with van der Waals surface area (Å²) in [6, 6.07) is 9.96. The quantitative estimate of drug-likeness (QED) is 0.621. The van der Waals surface area contributed by atoms with Gasteiger partial charge in [0.25, 0.3) is 5.56 Å². The molecule has 1 saturated heterocycles. The van der Waals surface area contributed by atoms with Crippen molar-refractivity contribution in [3.8, 4) is 5.69 Å². The first kappa shape index (κ1) is 18.6. The Morgan fingerprint density at radius 2 is 1.90 bits per heavy atom. The van der Waals surface area contributed by atoms with Crippen molar-refractivity contribution in [1.29, 1.82) is 0 Å². The van der Waals surface area contributed by atoms with Gasteiger partial charge in [0.05, 0.1) is 11.1 Å². The number of anilines is 1. The topological polar surface area (TPSA) is 41.4 Å². The summed E-state index contributed by atoms with van der Waals surface area (Å²) in [6.07, 6.45) is 3.23. The lowest BCUT2D eigenvalue weighted by molar-refractivity contribution is 0.276. The number of nitrogens with zero attached hydrogens (tertiary/aromatic N) is 4. The van der Waals surface area contributed by atoms with Gasteiger partial charge in [-0.05, 0) is 43.9 Å². The molecule has 3 aromatic rings. The third-order valence-electron chi connectivity index (χ3n) is 5.88. The van der Waals surface area contributed by atoms with E-state index in [1.807, 2.05) is 34.9 Å². The van der Waals surface area contributed by atoms with Gasteiger partial charge in [0.15, 0.2) is 0 Å². The number of thiophene rings is 1. The van der Waals surface area contributed by atoms with E-state index < -0.39 is 0 Å². The Kier molecular flexibility index (Phi) is 4.76. The second kappa shape index (κ2) is 7.43. The maximum atomic E-state index is 13.7. The molecule has 0 spiro atoms. The Balaban J connectivity index is 1.61. The highest BCUT2D eigenvalue weighted by molar-refractivity contribution is 7.18. The lowest BCUT2D eigenvalue weighted by atomic mass is 10.2. The summed E-state index contributed by atoms with van der Waals surface area (Å²) in [4.78, 5) is 25.7. The second-order valence-electron chi connectivity index (χ2n) is 8.15. The highest BCUT2D eigenvalue weighted by Crippen LogP contribution is 2.36. The molecule has 2 aromatic heterocycles. The molecular formula is C23H26N4OS. The van der Waals surface area contributed by atoms with Crippen molar-refractivity contribution in [2.75, 3.05) is 37.6 Å². The van der Waals surface area contributed by atoms with Crippen LogP contribution in [0.1, 0.15) is 23.8 Å². The fraction of sp³-hybridized carbons (Fsp3) is 0.391. The maximum absolute atomic E-state index is 13.7. The van der Waals surface area contributed by atoms with Crippen molar-refractivity contribution in [1.82, 2.24) is 14.5 Å². The molecule has 0 radical (unpaired) electrons. The van der Waals surface area contributed by atoms with Gasteiger partial charge in [0.1, 0.15) is 4.83 Å². The first-order valence-corrected chi connectivity index (χ1v) is 11.2. The number of hydrogen-bond acceptors (Lipinski definition) is 5. The van der Waals surface area contributed by atoms with Crippen molar-refractivity contribution in [2.24, 2.45) is 0 Å². The molecule has 5 rings (SSSR count). The molecule has 1 fully saturated rings. The van der Waals surface area contributed by atoms with Crippen LogP contribution in [0.3, 0.4) is 0 Å². The number of fused-ring (bicyclic) bond motifs is 3. The van der Waals surface area contributed by atoms with Gasteiger partial charge in [-0.3, -0.25) is 9.69 Å². The summed E-state index contributed by atoms with van der Waals surface area (Å²) in [5.41, 5.74) is 3.40. The SMILES string of the molecule is C=C(C)CN1CCN(c2nc3sc4c(c3c(=O)n2-c2ccccc2)CCC4)CC1. The minimum atomic E-state index is 0.0833. The fourth-order valence-electron chi connectivity index (χ4n) is 4.54. The van der Waals surface area contributed by atoms with Gasteiger partial charge in [-0.1, -0.05) is 30.4 Å². The van der Waals surface area contributed by atoms with Crippen molar-refractivity contribution < 1.29 is 0 Å². The zero-order valence-electron chi connectivity index (χ0n) is 16.9. The van der Waals surface area contributed by atoms with E-state index in [4.69, 9.17) is 4.98 Å². The molecule has 1 aromatic carbocycles. The summed E-state index contributed by atoms with van der Waals surface area (Å²) in [5.74, 6) is 0.781. The minimum absolute atomic E-state index is 0.0833. The van der Waals surface area contributed by atoms with Crippen LogP contribution in [0.4, 0.5) is 5.95 Å². The third kappa shape index (κ3) is 3.30. The first-order chi connectivity index (χ1) is 14.1. The fourth-order valence-corrected chi connectivity index (χ4v) is 5.79. The van der Waals surface area contributed by atoms with E-state index in [1.165, 1.54) is 16.0 Å². The number of benzene rings is 1. The molecule has 1 aliphatic carbocycles. The molecule has 150 valence electrons. The van der Waals surface area contributed by atoms with Crippen LogP contribution >= 0.6 is 11.3 Å². The Morgan fingerprint density at radius 1 is 1.14 bits per heavy atom. The molecule has 2 aliphatic rings. The van der Waals surface area contributed by atoms with Gasteiger partial charge in [-0.25, -0.2) is 9.55 Å². The summed E-state index contributed by atoms with van der Waals surface area (Å²) in [6.45, 7) is 10.7. The van der Waals surface area contributed by atoms with Crippen molar-refractivity contribution in [3.63, 3.8) is 0 Å². The Hall–Kier alpha value is -2.44. The van der Waals surface area contributed by atoms with E-state index in [1.54, 1.807) is 11.3 Å². The largest absolute Gasteiger partial charge is 0.339 e. The van der Waals surface area contributed by atoms with Crippen LogP contribution in [-0.4, -0.2) is 47.2 Å². The van der Waals surface area contributed by atoms with E-state index in [0.717, 1.165) is 73.8 Å². The van der Waals surface area contributed by atoms with Crippen LogP contribution in [0.25, 0.3) is 15.9 Å². The second-order valence-corrected chi connectivity index (χ2v) is 9.23. The number of aromatic nitrogens is 2. The molecule has 0 unspecified atom stereocenters. The molecular weight excluding hydrogens is 380 g/mol.